The van der Waals surface area contributed by atoms with Crippen LogP contribution in [-0.4, -0.2) is 38.3 Å². The molecule has 1 aromatic rings. The number of aliphatic carboxylic acids is 1. The Bertz CT molecular complexity index is 432. The van der Waals surface area contributed by atoms with Crippen LogP contribution in [0.15, 0.2) is 24.3 Å². The first-order valence-electron chi connectivity index (χ1n) is 6.78. The lowest BCUT2D eigenvalue weighted by molar-refractivity contribution is -0.144. The number of hydrogen-bond donors (Lipinski definition) is 2. The number of nitrogens with zero attached hydrogens (tertiary/aromatic N) is 1. The minimum atomic E-state index is -0.728. The van der Waals surface area contributed by atoms with Gasteiger partial charge in [0.1, 0.15) is 0 Å². The number of carboxylic acids is 1. The van der Waals surface area contributed by atoms with Crippen LogP contribution in [-0.2, 0) is 10.2 Å². The molecule has 0 amide bonds. The molecule has 0 saturated carbocycles. The molecule has 1 heterocycles. The van der Waals surface area contributed by atoms with Crippen molar-refractivity contribution in [3.63, 3.8) is 0 Å². The SMILES string of the molecule is CN(C)c1ccc(C2(C(=O)O)CCCNCC2)cc1. The van der Waals surface area contributed by atoms with Gasteiger partial charge in [0.15, 0.2) is 0 Å². The maximum absolute atomic E-state index is 11.8. The summed E-state index contributed by atoms with van der Waals surface area (Å²) in [6.45, 7) is 1.67. The Kier molecular flexibility index (Phi) is 4.10. The number of carboxylic acid groups (broad SMARTS) is 1. The molecule has 4 nitrogen and oxygen atoms in total. The zero-order valence-corrected chi connectivity index (χ0v) is 11.6. The van der Waals surface area contributed by atoms with Crippen molar-refractivity contribution in [2.75, 3.05) is 32.1 Å². The molecule has 0 radical (unpaired) electrons. The van der Waals surface area contributed by atoms with E-state index in [1.165, 1.54) is 0 Å². The molecule has 1 saturated heterocycles. The minimum absolute atomic E-state index is 0.656. The van der Waals surface area contributed by atoms with Gasteiger partial charge in [-0.1, -0.05) is 12.1 Å². The molecule has 0 spiro atoms. The van der Waals surface area contributed by atoms with Crippen molar-refractivity contribution >= 4 is 11.7 Å². The summed E-state index contributed by atoms with van der Waals surface area (Å²) in [7, 11) is 3.97. The predicted molar refractivity (Wildman–Crippen MR) is 76.8 cm³/mol. The second-order valence-corrected chi connectivity index (χ2v) is 5.43. The number of rotatable bonds is 3. The van der Waals surface area contributed by atoms with E-state index in [0.29, 0.717) is 12.8 Å². The molecule has 1 aromatic carbocycles. The summed E-state index contributed by atoms with van der Waals surface area (Å²) in [5.74, 6) is -0.700. The van der Waals surface area contributed by atoms with Crippen LogP contribution in [0.2, 0.25) is 0 Å². The first-order chi connectivity index (χ1) is 9.06. The van der Waals surface area contributed by atoms with Crippen molar-refractivity contribution in [1.29, 1.82) is 0 Å². The fraction of sp³-hybridized carbons (Fsp3) is 0.533. The molecule has 19 heavy (non-hydrogen) atoms. The van der Waals surface area contributed by atoms with Crippen molar-refractivity contribution in [2.24, 2.45) is 0 Å². The van der Waals surface area contributed by atoms with Crippen LogP contribution >= 0.6 is 0 Å². The van der Waals surface area contributed by atoms with Gasteiger partial charge in [-0.25, -0.2) is 0 Å². The van der Waals surface area contributed by atoms with Gasteiger partial charge in [-0.15, -0.1) is 0 Å². The Hall–Kier alpha value is -1.55. The second-order valence-electron chi connectivity index (χ2n) is 5.43. The van der Waals surface area contributed by atoms with Crippen molar-refractivity contribution in [1.82, 2.24) is 5.32 Å². The van der Waals surface area contributed by atoms with E-state index in [0.717, 1.165) is 30.8 Å². The molecule has 1 aliphatic heterocycles. The molecule has 1 aliphatic rings. The third kappa shape index (κ3) is 2.73. The quantitative estimate of drug-likeness (QED) is 0.873. The number of anilines is 1. The summed E-state index contributed by atoms with van der Waals surface area (Å²) in [5.41, 5.74) is 1.29. The van der Waals surface area contributed by atoms with E-state index in [1.807, 2.05) is 43.3 Å². The van der Waals surface area contributed by atoms with Gasteiger partial charge in [-0.2, -0.15) is 0 Å². The number of hydrogen-bond acceptors (Lipinski definition) is 3. The van der Waals surface area contributed by atoms with Crippen molar-refractivity contribution < 1.29 is 9.90 Å². The van der Waals surface area contributed by atoms with Crippen LogP contribution in [0.5, 0.6) is 0 Å². The van der Waals surface area contributed by atoms with E-state index in [4.69, 9.17) is 0 Å². The lowest BCUT2D eigenvalue weighted by atomic mass is 9.74. The summed E-state index contributed by atoms with van der Waals surface area (Å²) >= 11 is 0. The van der Waals surface area contributed by atoms with E-state index >= 15 is 0 Å². The average molecular weight is 262 g/mol. The molecule has 2 rings (SSSR count). The second kappa shape index (κ2) is 5.61. The van der Waals surface area contributed by atoms with E-state index in [1.54, 1.807) is 0 Å². The molecular formula is C15H22N2O2. The van der Waals surface area contributed by atoms with Crippen LogP contribution in [0.25, 0.3) is 0 Å². The van der Waals surface area contributed by atoms with E-state index in [2.05, 4.69) is 5.32 Å². The molecule has 1 fully saturated rings. The van der Waals surface area contributed by atoms with Gasteiger partial charge in [0.2, 0.25) is 0 Å². The maximum Gasteiger partial charge on any atom is 0.314 e. The van der Waals surface area contributed by atoms with Gasteiger partial charge < -0.3 is 15.3 Å². The highest BCUT2D eigenvalue weighted by atomic mass is 16.4. The van der Waals surface area contributed by atoms with Crippen LogP contribution in [0.1, 0.15) is 24.8 Å². The average Bonchev–Trinajstić information content (AvgIpc) is 2.65. The molecule has 0 aliphatic carbocycles. The summed E-state index contributed by atoms with van der Waals surface area (Å²) < 4.78 is 0. The van der Waals surface area contributed by atoms with Crippen LogP contribution in [0, 0.1) is 0 Å². The van der Waals surface area contributed by atoms with Gasteiger partial charge in [-0.3, -0.25) is 4.79 Å². The lowest BCUT2D eigenvalue weighted by Crippen LogP contribution is -2.36. The number of benzene rings is 1. The normalized spacial score (nSPS) is 23.7. The van der Waals surface area contributed by atoms with Crippen molar-refractivity contribution in [3.8, 4) is 0 Å². The Labute approximate surface area is 114 Å². The molecule has 0 aromatic heterocycles. The highest BCUT2D eigenvalue weighted by Crippen LogP contribution is 2.35. The molecular weight excluding hydrogens is 240 g/mol. The topological polar surface area (TPSA) is 52.6 Å². The van der Waals surface area contributed by atoms with Gasteiger partial charge in [0.05, 0.1) is 5.41 Å². The standard InChI is InChI=1S/C15H22N2O2/c1-17(2)13-6-4-12(5-7-13)15(14(18)19)8-3-10-16-11-9-15/h4-7,16H,3,8-11H2,1-2H3,(H,18,19). The molecule has 0 bridgehead atoms. The highest BCUT2D eigenvalue weighted by Gasteiger charge is 2.40. The fourth-order valence-electron chi connectivity index (χ4n) is 2.77. The third-order valence-electron chi connectivity index (χ3n) is 4.03. The van der Waals surface area contributed by atoms with Crippen molar-refractivity contribution in [2.45, 2.75) is 24.7 Å². The Balaban J connectivity index is 2.35. The third-order valence-corrected chi connectivity index (χ3v) is 4.03. The van der Waals surface area contributed by atoms with E-state index in [9.17, 15) is 9.90 Å². The monoisotopic (exact) mass is 262 g/mol. The Morgan fingerprint density at radius 3 is 2.47 bits per heavy atom. The summed E-state index contributed by atoms with van der Waals surface area (Å²) in [5, 5.41) is 13.0. The predicted octanol–water partition coefficient (Wildman–Crippen LogP) is 1.85. The largest absolute Gasteiger partial charge is 0.481 e. The van der Waals surface area contributed by atoms with E-state index in [-0.39, 0.29) is 0 Å². The molecule has 104 valence electrons. The van der Waals surface area contributed by atoms with Crippen LogP contribution < -0.4 is 10.2 Å². The molecule has 4 heteroatoms. The van der Waals surface area contributed by atoms with Crippen molar-refractivity contribution in [3.05, 3.63) is 29.8 Å². The van der Waals surface area contributed by atoms with Gasteiger partial charge in [-0.05, 0) is 50.0 Å². The van der Waals surface area contributed by atoms with E-state index < -0.39 is 11.4 Å². The van der Waals surface area contributed by atoms with Gasteiger partial charge >= 0.3 is 5.97 Å². The first kappa shape index (κ1) is 13.9. The van der Waals surface area contributed by atoms with Gasteiger partial charge in [0.25, 0.3) is 0 Å². The first-order valence-corrected chi connectivity index (χ1v) is 6.78. The fourth-order valence-corrected chi connectivity index (χ4v) is 2.77. The van der Waals surface area contributed by atoms with Crippen LogP contribution in [0.4, 0.5) is 5.69 Å². The summed E-state index contributed by atoms with van der Waals surface area (Å²) in [4.78, 5) is 13.8. The Morgan fingerprint density at radius 1 is 1.21 bits per heavy atom. The molecule has 1 atom stereocenters. The molecule has 1 unspecified atom stereocenters. The summed E-state index contributed by atoms with van der Waals surface area (Å²) in [6.07, 6.45) is 2.27. The zero-order chi connectivity index (χ0) is 13.9. The summed E-state index contributed by atoms with van der Waals surface area (Å²) in [6, 6.07) is 7.93. The molecule has 2 N–H and O–H groups in total. The zero-order valence-electron chi connectivity index (χ0n) is 11.6. The smallest absolute Gasteiger partial charge is 0.314 e. The van der Waals surface area contributed by atoms with Crippen LogP contribution in [0.3, 0.4) is 0 Å². The maximum atomic E-state index is 11.8. The number of carbonyl (C=O) groups is 1. The Morgan fingerprint density at radius 2 is 1.89 bits per heavy atom. The minimum Gasteiger partial charge on any atom is -0.481 e. The lowest BCUT2D eigenvalue weighted by Gasteiger charge is -2.28. The highest BCUT2D eigenvalue weighted by molar-refractivity contribution is 5.81. The number of nitrogens with one attached hydrogen (secondary N) is 1. The van der Waals surface area contributed by atoms with Gasteiger partial charge in [0, 0.05) is 19.8 Å².